The molecule has 3 rings (SSSR count). The van der Waals surface area contributed by atoms with Crippen molar-refractivity contribution in [2.75, 3.05) is 32.8 Å². The molecule has 2 aliphatic rings. The van der Waals surface area contributed by atoms with Gasteiger partial charge in [-0.1, -0.05) is 6.42 Å². The fourth-order valence-corrected chi connectivity index (χ4v) is 5.43. The molecule has 0 spiro atoms. The monoisotopic (exact) mass is 352 g/mol. The molecule has 0 radical (unpaired) electrons. The smallest absolute Gasteiger partial charge is 0.0928 e. The van der Waals surface area contributed by atoms with E-state index in [0.717, 1.165) is 58.4 Å². The van der Waals surface area contributed by atoms with Gasteiger partial charge in [-0.2, -0.15) is 0 Å². The first-order valence-corrected chi connectivity index (χ1v) is 10.3. The number of fused-ring (bicyclic) bond motifs is 1. The van der Waals surface area contributed by atoms with Crippen LogP contribution in [0.15, 0.2) is 12.1 Å². The van der Waals surface area contributed by atoms with Gasteiger partial charge in [-0.3, -0.25) is 9.80 Å². The molecule has 0 saturated carbocycles. The second-order valence-corrected chi connectivity index (χ2v) is 8.93. The van der Waals surface area contributed by atoms with Crippen LogP contribution in [0, 0.1) is 6.92 Å². The van der Waals surface area contributed by atoms with Crippen molar-refractivity contribution < 1.29 is 10.2 Å². The molecule has 2 N–H and O–H groups in total. The molecule has 2 fully saturated rings. The minimum Gasteiger partial charge on any atom is -0.396 e. The van der Waals surface area contributed by atoms with Crippen molar-refractivity contribution in [1.82, 2.24) is 9.80 Å². The van der Waals surface area contributed by atoms with Gasteiger partial charge in [0.15, 0.2) is 0 Å². The molecule has 24 heavy (non-hydrogen) atoms. The maximum atomic E-state index is 11.5. The van der Waals surface area contributed by atoms with Crippen LogP contribution in [0.1, 0.15) is 48.3 Å². The standard InChI is InChI=1S/C19H32N2O2S/c1-16-7-8-17(24-16)14-20(10-5-13-22)15-19(23)9-4-12-21-11-3-2-6-18(19)21/h7-8,18,22-23H,2-6,9-15H2,1H3/t18-,19-/m1/s1. The molecule has 0 unspecified atom stereocenters. The minimum atomic E-state index is -0.597. The lowest BCUT2D eigenvalue weighted by molar-refractivity contribution is -0.110. The molecule has 0 amide bonds. The summed E-state index contributed by atoms with van der Waals surface area (Å²) in [5.74, 6) is 0. The molecule has 2 atom stereocenters. The fraction of sp³-hybridized carbons (Fsp3) is 0.789. The summed E-state index contributed by atoms with van der Waals surface area (Å²) in [4.78, 5) is 7.57. The van der Waals surface area contributed by atoms with Gasteiger partial charge < -0.3 is 10.2 Å². The van der Waals surface area contributed by atoms with E-state index in [9.17, 15) is 10.2 Å². The highest BCUT2D eigenvalue weighted by atomic mass is 32.1. The molecule has 1 aromatic rings. The number of nitrogens with zero attached hydrogens (tertiary/aromatic N) is 2. The third kappa shape index (κ3) is 4.38. The molecule has 136 valence electrons. The lowest BCUT2D eigenvalue weighted by Crippen LogP contribution is -2.62. The molecule has 2 aliphatic heterocycles. The van der Waals surface area contributed by atoms with Crippen LogP contribution >= 0.6 is 11.3 Å². The van der Waals surface area contributed by atoms with Gasteiger partial charge in [0.05, 0.1) is 5.60 Å². The highest BCUT2D eigenvalue weighted by Crippen LogP contribution is 2.35. The van der Waals surface area contributed by atoms with Gasteiger partial charge in [-0.25, -0.2) is 0 Å². The molecular weight excluding hydrogens is 320 g/mol. The van der Waals surface area contributed by atoms with Gasteiger partial charge in [0.1, 0.15) is 0 Å². The zero-order valence-corrected chi connectivity index (χ0v) is 15.7. The van der Waals surface area contributed by atoms with Gasteiger partial charge in [0, 0.05) is 42.0 Å². The number of aryl methyl sites for hydroxylation is 1. The largest absolute Gasteiger partial charge is 0.396 e. The summed E-state index contributed by atoms with van der Waals surface area (Å²) in [5, 5.41) is 20.7. The molecule has 4 nitrogen and oxygen atoms in total. The van der Waals surface area contributed by atoms with Crippen molar-refractivity contribution in [1.29, 1.82) is 0 Å². The average molecular weight is 353 g/mol. The van der Waals surface area contributed by atoms with Crippen molar-refractivity contribution in [2.24, 2.45) is 0 Å². The summed E-state index contributed by atoms with van der Waals surface area (Å²) in [5.41, 5.74) is -0.597. The van der Waals surface area contributed by atoms with E-state index in [2.05, 4.69) is 28.9 Å². The number of thiophene rings is 1. The molecular formula is C19H32N2O2S. The van der Waals surface area contributed by atoms with E-state index < -0.39 is 5.60 Å². The Labute approximate surface area is 150 Å². The highest BCUT2D eigenvalue weighted by Gasteiger charge is 2.44. The zero-order valence-electron chi connectivity index (χ0n) is 14.9. The molecule has 2 saturated heterocycles. The van der Waals surface area contributed by atoms with Gasteiger partial charge >= 0.3 is 0 Å². The van der Waals surface area contributed by atoms with Crippen LogP contribution in [0.3, 0.4) is 0 Å². The number of piperidine rings is 2. The van der Waals surface area contributed by atoms with Crippen molar-refractivity contribution >= 4 is 11.3 Å². The van der Waals surface area contributed by atoms with Gasteiger partial charge in [0.2, 0.25) is 0 Å². The first-order chi connectivity index (χ1) is 11.6. The lowest BCUT2D eigenvalue weighted by atomic mass is 9.79. The fourth-order valence-electron chi connectivity index (χ4n) is 4.49. The van der Waals surface area contributed by atoms with Crippen LogP contribution in [-0.4, -0.2) is 64.4 Å². The summed E-state index contributed by atoms with van der Waals surface area (Å²) in [6.07, 6.45) is 6.42. The van der Waals surface area contributed by atoms with Gasteiger partial charge in [-0.15, -0.1) is 11.3 Å². The van der Waals surface area contributed by atoms with E-state index in [4.69, 9.17) is 0 Å². The van der Waals surface area contributed by atoms with Crippen LogP contribution in [0.2, 0.25) is 0 Å². The van der Waals surface area contributed by atoms with Crippen molar-refractivity contribution in [2.45, 2.75) is 63.6 Å². The van der Waals surface area contributed by atoms with E-state index in [0.29, 0.717) is 6.04 Å². The van der Waals surface area contributed by atoms with Crippen molar-refractivity contribution in [3.63, 3.8) is 0 Å². The van der Waals surface area contributed by atoms with Crippen LogP contribution in [0.25, 0.3) is 0 Å². The Hall–Kier alpha value is -0.460. The predicted octanol–water partition coefficient (Wildman–Crippen LogP) is 2.62. The van der Waals surface area contributed by atoms with Crippen molar-refractivity contribution in [3.8, 4) is 0 Å². The number of hydrogen-bond donors (Lipinski definition) is 2. The Morgan fingerprint density at radius 2 is 2.12 bits per heavy atom. The first kappa shape index (κ1) is 18.3. The van der Waals surface area contributed by atoms with E-state index in [1.165, 1.54) is 22.6 Å². The number of aliphatic hydroxyl groups excluding tert-OH is 1. The Kier molecular flexibility index (Phi) is 6.33. The molecule has 0 aromatic carbocycles. The molecule has 1 aromatic heterocycles. The summed E-state index contributed by atoms with van der Waals surface area (Å²) >= 11 is 1.84. The third-order valence-corrected chi connectivity index (χ3v) is 6.58. The van der Waals surface area contributed by atoms with E-state index >= 15 is 0 Å². The maximum absolute atomic E-state index is 11.5. The van der Waals surface area contributed by atoms with E-state index in [1.54, 1.807) is 0 Å². The highest BCUT2D eigenvalue weighted by molar-refractivity contribution is 7.11. The van der Waals surface area contributed by atoms with Gasteiger partial charge in [0.25, 0.3) is 0 Å². The Balaban J connectivity index is 1.69. The normalized spacial score (nSPS) is 28.2. The Morgan fingerprint density at radius 3 is 2.88 bits per heavy atom. The summed E-state index contributed by atoms with van der Waals surface area (Å²) in [6.45, 7) is 7.11. The summed E-state index contributed by atoms with van der Waals surface area (Å²) in [6, 6.07) is 4.69. The van der Waals surface area contributed by atoms with Crippen LogP contribution < -0.4 is 0 Å². The summed E-state index contributed by atoms with van der Waals surface area (Å²) in [7, 11) is 0. The first-order valence-electron chi connectivity index (χ1n) is 9.46. The Morgan fingerprint density at radius 1 is 1.29 bits per heavy atom. The minimum absolute atomic E-state index is 0.216. The van der Waals surface area contributed by atoms with Crippen LogP contribution in [-0.2, 0) is 6.54 Å². The third-order valence-electron chi connectivity index (χ3n) is 5.59. The molecule has 0 bridgehead atoms. The van der Waals surface area contributed by atoms with E-state index in [-0.39, 0.29) is 6.61 Å². The maximum Gasteiger partial charge on any atom is 0.0928 e. The molecule has 0 aliphatic carbocycles. The van der Waals surface area contributed by atoms with Crippen molar-refractivity contribution in [3.05, 3.63) is 21.9 Å². The second kappa shape index (κ2) is 8.28. The second-order valence-electron chi connectivity index (χ2n) is 7.55. The number of hydrogen-bond acceptors (Lipinski definition) is 5. The van der Waals surface area contributed by atoms with Gasteiger partial charge in [-0.05, 0) is 64.3 Å². The topological polar surface area (TPSA) is 46.9 Å². The summed E-state index contributed by atoms with van der Waals surface area (Å²) < 4.78 is 0. The SMILES string of the molecule is Cc1ccc(CN(CCCO)C[C@]2(O)CCCN3CCCC[C@@H]32)s1. The molecule has 3 heterocycles. The number of rotatable bonds is 7. The zero-order chi connectivity index (χ0) is 17.0. The van der Waals surface area contributed by atoms with Crippen LogP contribution in [0.4, 0.5) is 0 Å². The average Bonchev–Trinajstić information content (AvgIpc) is 2.98. The predicted molar refractivity (Wildman–Crippen MR) is 99.4 cm³/mol. The van der Waals surface area contributed by atoms with E-state index in [1.807, 2.05) is 11.3 Å². The molecule has 5 heteroatoms. The number of aliphatic hydroxyl groups is 2. The lowest BCUT2D eigenvalue weighted by Gasteiger charge is -2.51. The van der Waals surface area contributed by atoms with Crippen LogP contribution in [0.5, 0.6) is 0 Å². The Bertz CT molecular complexity index is 519. The quantitative estimate of drug-likeness (QED) is 0.792.